The molecule has 2 aliphatic rings. The van der Waals surface area contributed by atoms with Crippen LogP contribution in [-0.4, -0.2) is 36.6 Å². The summed E-state index contributed by atoms with van der Waals surface area (Å²) in [6.45, 7) is 9.80. The van der Waals surface area contributed by atoms with Crippen LogP contribution >= 0.6 is 0 Å². The van der Waals surface area contributed by atoms with Crippen molar-refractivity contribution in [3.05, 3.63) is 0 Å². The maximum absolute atomic E-state index is 3.76. The second kappa shape index (κ2) is 4.84. The molecule has 2 unspecified atom stereocenters. The van der Waals surface area contributed by atoms with E-state index in [4.69, 9.17) is 0 Å². The molecule has 2 heteroatoms. The van der Waals surface area contributed by atoms with E-state index in [1.54, 1.807) is 0 Å². The highest BCUT2D eigenvalue weighted by Gasteiger charge is 2.35. The first kappa shape index (κ1) is 11.4. The third-order valence-electron chi connectivity index (χ3n) is 4.51. The van der Waals surface area contributed by atoms with Gasteiger partial charge in [-0.3, -0.25) is 0 Å². The third kappa shape index (κ3) is 2.54. The van der Waals surface area contributed by atoms with Crippen molar-refractivity contribution < 1.29 is 0 Å². The first-order chi connectivity index (χ1) is 7.28. The molecule has 2 heterocycles. The van der Waals surface area contributed by atoms with E-state index in [0.717, 1.165) is 5.92 Å². The first-order valence-electron chi connectivity index (χ1n) is 6.75. The Labute approximate surface area is 94.4 Å². The molecule has 0 saturated carbocycles. The maximum atomic E-state index is 3.76. The zero-order valence-corrected chi connectivity index (χ0v) is 10.4. The highest BCUT2D eigenvalue weighted by Crippen LogP contribution is 2.33. The number of rotatable bonds is 4. The summed E-state index contributed by atoms with van der Waals surface area (Å²) in [7, 11) is 0. The van der Waals surface area contributed by atoms with Gasteiger partial charge in [-0.2, -0.15) is 0 Å². The Kier molecular flexibility index (Phi) is 3.68. The normalized spacial score (nSPS) is 37.6. The van der Waals surface area contributed by atoms with Gasteiger partial charge in [0.25, 0.3) is 0 Å². The van der Waals surface area contributed by atoms with Gasteiger partial charge in [0, 0.05) is 12.1 Å². The molecular weight excluding hydrogens is 184 g/mol. The molecular formula is C13H26N2. The van der Waals surface area contributed by atoms with Crippen LogP contribution in [0.15, 0.2) is 0 Å². The van der Waals surface area contributed by atoms with Crippen LogP contribution in [0.2, 0.25) is 0 Å². The summed E-state index contributed by atoms with van der Waals surface area (Å²) < 4.78 is 0. The summed E-state index contributed by atoms with van der Waals surface area (Å²) in [4.78, 5) is 2.60. The lowest BCUT2D eigenvalue weighted by molar-refractivity contribution is 0.265. The van der Waals surface area contributed by atoms with Crippen molar-refractivity contribution in [2.45, 2.75) is 51.5 Å². The monoisotopic (exact) mass is 210 g/mol. The van der Waals surface area contributed by atoms with Gasteiger partial charge in [-0.15, -0.1) is 0 Å². The van der Waals surface area contributed by atoms with Gasteiger partial charge in [-0.05, 0) is 57.7 Å². The molecule has 2 atom stereocenters. The summed E-state index contributed by atoms with van der Waals surface area (Å²) in [5, 5.41) is 3.76. The minimum absolute atomic E-state index is 0.508. The van der Waals surface area contributed by atoms with Crippen LogP contribution in [0.1, 0.15) is 46.0 Å². The smallest absolute Gasteiger partial charge is 0.0182 e. The van der Waals surface area contributed by atoms with Crippen molar-refractivity contribution in [3.8, 4) is 0 Å². The average molecular weight is 210 g/mol. The molecule has 88 valence electrons. The van der Waals surface area contributed by atoms with Crippen LogP contribution in [0.25, 0.3) is 0 Å². The Morgan fingerprint density at radius 1 is 1.40 bits per heavy atom. The fourth-order valence-corrected chi connectivity index (χ4v) is 3.41. The third-order valence-corrected chi connectivity index (χ3v) is 4.51. The molecule has 0 bridgehead atoms. The van der Waals surface area contributed by atoms with Gasteiger partial charge in [0.05, 0.1) is 0 Å². The molecule has 0 amide bonds. The molecule has 15 heavy (non-hydrogen) atoms. The summed E-state index contributed by atoms with van der Waals surface area (Å²) >= 11 is 0. The molecule has 0 aromatic heterocycles. The molecule has 0 spiro atoms. The van der Waals surface area contributed by atoms with Gasteiger partial charge in [0.2, 0.25) is 0 Å². The molecule has 2 saturated heterocycles. The standard InChI is InChI=1S/C13H26N2/c1-3-13(7-5-8-14-13)10-12-6-9-15(4-2)11-12/h12,14H,3-11H2,1-2H3. The van der Waals surface area contributed by atoms with E-state index in [1.807, 2.05) is 0 Å². The van der Waals surface area contributed by atoms with E-state index in [1.165, 1.54) is 58.3 Å². The fourth-order valence-electron chi connectivity index (χ4n) is 3.41. The van der Waals surface area contributed by atoms with Crippen molar-refractivity contribution in [3.63, 3.8) is 0 Å². The van der Waals surface area contributed by atoms with Crippen LogP contribution in [-0.2, 0) is 0 Å². The Morgan fingerprint density at radius 2 is 2.27 bits per heavy atom. The molecule has 0 aromatic rings. The van der Waals surface area contributed by atoms with E-state index < -0.39 is 0 Å². The van der Waals surface area contributed by atoms with Gasteiger partial charge in [0.1, 0.15) is 0 Å². The minimum atomic E-state index is 0.508. The van der Waals surface area contributed by atoms with Gasteiger partial charge >= 0.3 is 0 Å². The SMILES string of the molecule is CCN1CCC(CC2(CC)CCCN2)C1. The number of likely N-dealkylation sites (tertiary alicyclic amines) is 1. The Morgan fingerprint density at radius 3 is 2.80 bits per heavy atom. The summed E-state index contributed by atoms with van der Waals surface area (Å²) in [5.41, 5.74) is 0.508. The van der Waals surface area contributed by atoms with Crippen LogP contribution in [0, 0.1) is 5.92 Å². The van der Waals surface area contributed by atoms with E-state index in [0.29, 0.717) is 5.54 Å². The molecule has 2 fully saturated rings. The molecule has 1 N–H and O–H groups in total. The van der Waals surface area contributed by atoms with Crippen molar-refractivity contribution in [1.29, 1.82) is 0 Å². The van der Waals surface area contributed by atoms with Crippen LogP contribution in [0.3, 0.4) is 0 Å². The van der Waals surface area contributed by atoms with E-state index in [-0.39, 0.29) is 0 Å². The fraction of sp³-hybridized carbons (Fsp3) is 1.00. The lowest BCUT2D eigenvalue weighted by Crippen LogP contribution is -2.41. The predicted molar refractivity (Wildman–Crippen MR) is 65.1 cm³/mol. The number of hydrogen-bond acceptors (Lipinski definition) is 2. The first-order valence-corrected chi connectivity index (χ1v) is 6.75. The van der Waals surface area contributed by atoms with Crippen LogP contribution in [0.4, 0.5) is 0 Å². The Balaban J connectivity index is 1.85. The van der Waals surface area contributed by atoms with Gasteiger partial charge in [-0.25, -0.2) is 0 Å². The maximum Gasteiger partial charge on any atom is 0.0182 e. The van der Waals surface area contributed by atoms with E-state index in [2.05, 4.69) is 24.1 Å². The van der Waals surface area contributed by atoms with E-state index in [9.17, 15) is 0 Å². The zero-order valence-electron chi connectivity index (χ0n) is 10.4. The predicted octanol–water partition coefficient (Wildman–Crippen LogP) is 2.25. The quantitative estimate of drug-likeness (QED) is 0.765. The molecule has 2 rings (SSSR count). The van der Waals surface area contributed by atoms with Gasteiger partial charge < -0.3 is 10.2 Å². The second-order valence-corrected chi connectivity index (χ2v) is 5.42. The minimum Gasteiger partial charge on any atom is -0.311 e. The van der Waals surface area contributed by atoms with E-state index >= 15 is 0 Å². The van der Waals surface area contributed by atoms with Crippen molar-refractivity contribution in [1.82, 2.24) is 10.2 Å². The largest absolute Gasteiger partial charge is 0.311 e. The zero-order chi connectivity index (χ0) is 10.7. The summed E-state index contributed by atoms with van der Waals surface area (Å²) in [5.74, 6) is 0.954. The average Bonchev–Trinajstić information content (AvgIpc) is 2.88. The molecule has 2 nitrogen and oxygen atoms in total. The molecule has 2 aliphatic heterocycles. The van der Waals surface area contributed by atoms with Crippen molar-refractivity contribution in [2.75, 3.05) is 26.2 Å². The number of nitrogens with zero attached hydrogens (tertiary/aromatic N) is 1. The second-order valence-electron chi connectivity index (χ2n) is 5.42. The molecule has 0 aromatic carbocycles. The van der Waals surface area contributed by atoms with Crippen LogP contribution < -0.4 is 5.32 Å². The summed E-state index contributed by atoms with van der Waals surface area (Å²) in [6, 6.07) is 0. The van der Waals surface area contributed by atoms with Gasteiger partial charge in [-0.1, -0.05) is 13.8 Å². The highest BCUT2D eigenvalue weighted by atomic mass is 15.1. The Hall–Kier alpha value is -0.0800. The topological polar surface area (TPSA) is 15.3 Å². The van der Waals surface area contributed by atoms with Gasteiger partial charge in [0.15, 0.2) is 0 Å². The van der Waals surface area contributed by atoms with Crippen molar-refractivity contribution >= 4 is 0 Å². The lowest BCUT2D eigenvalue weighted by Gasteiger charge is -2.31. The lowest BCUT2D eigenvalue weighted by atomic mass is 9.83. The van der Waals surface area contributed by atoms with Crippen molar-refractivity contribution in [2.24, 2.45) is 5.92 Å². The number of hydrogen-bond donors (Lipinski definition) is 1. The number of nitrogens with one attached hydrogen (secondary N) is 1. The summed E-state index contributed by atoms with van der Waals surface area (Å²) in [6.07, 6.45) is 6.96. The Bertz CT molecular complexity index is 197. The van der Waals surface area contributed by atoms with Crippen LogP contribution in [0.5, 0.6) is 0 Å². The molecule has 0 radical (unpaired) electrons. The highest BCUT2D eigenvalue weighted by molar-refractivity contribution is 4.95. The molecule has 0 aliphatic carbocycles.